The first kappa shape index (κ1) is 11.9. The molecule has 0 aromatic carbocycles. The fraction of sp³-hybridized carbons (Fsp3) is 0.889. The standard InChI is InChI=1S/C9H20NOP/c1-8(2,3)6-9(4,5)7(11)10-12/h6,12H2,1-5H3,(H,10,11). The first-order valence-corrected chi connectivity index (χ1v) is 4.78. The smallest absolute Gasteiger partial charge is 0.228 e. The van der Waals surface area contributed by atoms with E-state index in [0.29, 0.717) is 0 Å². The van der Waals surface area contributed by atoms with Crippen LogP contribution in [0.5, 0.6) is 0 Å². The molecule has 0 aliphatic rings. The van der Waals surface area contributed by atoms with Gasteiger partial charge in [0.2, 0.25) is 5.91 Å². The number of nitrogens with one attached hydrogen (secondary N) is 1. The highest BCUT2D eigenvalue weighted by Gasteiger charge is 2.31. The van der Waals surface area contributed by atoms with Gasteiger partial charge in [-0.2, -0.15) is 0 Å². The van der Waals surface area contributed by atoms with Crippen LogP contribution in [-0.2, 0) is 4.79 Å². The predicted molar refractivity (Wildman–Crippen MR) is 55.7 cm³/mol. The number of hydrogen-bond donors (Lipinski definition) is 1. The van der Waals surface area contributed by atoms with Crippen molar-refractivity contribution in [2.45, 2.75) is 41.0 Å². The van der Waals surface area contributed by atoms with E-state index in [2.05, 4.69) is 35.2 Å². The van der Waals surface area contributed by atoms with Gasteiger partial charge >= 0.3 is 0 Å². The molecular formula is C9H20NOP. The maximum absolute atomic E-state index is 11.4. The summed E-state index contributed by atoms with van der Waals surface area (Å²) < 4.78 is 0. The summed E-state index contributed by atoms with van der Waals surface area (Å²) in [5.74, 6) is 0.0856. The van der Waals surface area contributed by atoms with Crippen LogP contribution in [0.25, 0.3) is 0 Å². The van der Waals surface area contributed by atoms with Crippen LogP contribution in [0.3, 0.4) is 0 Å². The molecular weight excluding hydrogens is 169 g/mol. The fourth-order valence-electron chi connectivity index (χ4n) is 1.60. The van der Waals surface area contributed by atoms with E-state index in [1.54, 1.807) is 0 Å². The second-order valence-electron chi connectivity index (χ2n) is 5.09. The van der Waals surface area contributed by atoms with E-state index in [0.717, 1.165) is 6.42 Å². The van der Waals surface area contributed by atoms with Crippen LogP contribution in [0.4, 0.5) is 0 Å². The van der Waals surface area contributed by atoms with Crippen molar-refractivity contribution < 1.29 is 4.79 Å². The Labute approximate surface area is 77.8 Å². The molecule has 1 N–H and O–H groups in total. The molecule has 0 aromatic heterocycles. The summed E-state index contributed by atoms with van der Waals surface area (Å²) in [5.41, 5.74) is -0.0827. The van der Waals surface area contributed by atoms with Gasteiger partial charge < -0.3 is 5.09 Å². The van der Waals surface area contributed by atoms with Gasteiger partial charge in [0.15, 0.2) is 0 Å². The van der Waals surface area contributed by atoms with E-state index in [9.17, 15) is 4.79 Å². The Balaban J connectivity index is 4.32. The molecule has 0 rings (SSSR count). The number of rotatable bonds is 2. The Bertz CT molecular complexity index is 170. The van der Waals surface area contributed by atoms with Crippen molar-refractivity contribution in [1.82, 2.24) is 5.09 Å². The SMILES string of the molecule is CC(C)(C)CC(C)(C)C(=O)NP. The zero-order valence-electron chi connectivity index (χ0n) is 8.69. The van der Waals surface area contributed by atoms with Crippen LogP contribution in [0.1, 0.15) is 41.0 Å². The average molecular weight is 189 g/mol. The first-order chi connectivity index (χ1) is 5.19. The van der Waals surface area contributed by atoms with Crippen molar-refractivity contribution in [3.05, 3.63) is 0 Å². The Kier molecular flexibility index (Phi) is 3.71. The van der Waals surface area contributed by atoms with Crippen LogP contribution in [-0.4, -0.2) is 5.91 Å². The molecule has 0 aliphatic carbocycles. The molecule has 3 heteroatoms. The second-order valence-corrected chi connectivity index (χ2v) is 5.38. The van der Waals surface area contributed by atoms with E-state index >= 15 is 0 Å². The Hall–Kier alpha value is -0.100. The van der Waals surface area contributed by atoms with Crippen molar-refractivity contribution in [3.8, 4) is 0 Å². The summed E-state index contributed by atoms with van der Waals surface area (Å²) in [6, 6.07) is 0. The van der Waals surface area contributed by atoms with Crippen LogP contribution in [0, 0.1) is 10.8 Å². The lowest BCUT2D eigenvalue weighted by Crippen LogP contribution is -2.34. The lowest BCUT2D eigenvalue weighted by Gasteiger charge is -2.30. The summed E-state index contributed by atoms with van der Waals surface area (Å²) >= 11 is 0. The van der Waals surface area contributed by atoms with Gasteiger partial charge in [-0.05, 0) is 21.2 Å². The van der Waals surface area contributed by atoms with Crippen molar-refractivity contribution in [3.63, 3.8) is 0 Å². The van der Waals surface area contributed by atoms with Crippen molar-refractivity contribution in [2.75, 3.05) is 0 Å². The molecule has 1 unspecified atom stereocenters. The van der Waals surface area contributed by atoms with Gasteiger partial charge in [0.05, 0.1) is 0 Å². The Morgan fingerprint density at radius 3 is 1.92 bits per heavy atom. The highest BCUT2D eigenvalue weighted by atomic mass is 31.0. The lowest BCUT2D eigenvalue weighted by atomic mass is 9.76. The Morgan fingerprint density at radius 2 is 1.67 bits per heavy atom. The van der Waals surface area contributed by atoms with Crippen LogP contribution in [0.2, 0.25) is 0 Å². The molecule has 0 fully saturated rings. The van der Waals surface area contributed by atoms with E-state index in [1.165, 1.54) is 0 Å². The predicted octanol–water partition coefficient (Wildman–Crippen LogP) is 2.36. The second kappa shape index (κ2) is 3.74. The average Bonchev–Trinajstić information content (AvgIpc) is 1.80. The zero-order valence-corrected chi connectivity index (χ0v) is 9.85. The third kappa shape index (κ3) is 4.06. The zero-order chi connectivity index (χ0) is 9.99. The summed E-state index contributed by atoms with van der Waals surface area (Å²) in [4.78, 5) is 11.4. The molecule has 0 aliphatic heterocycles. The molecule has 0 saturated carbocycles. The maximum atomic E-state index is 11.4. The molecule has 1 atom stereocenters. The van der Waals surface area contributed by atoms with Crippen molar-refractivity contribution in [1.29, 1.82) is 0 Å². The lowest BCUT2D eigenvalue weighted by molar-refractivity contribution is -0.128. The number of amides is 1. The molecule has 2 nitrogen and oxygen atoms in total. The van der Waals surface area contributed by atoms with Gasteiger partial charge in [-0.15, -0.1) is 0 Å². The van der Waals surface area contributed by atoms with E-state index in [-0.39, 0.29) is 16.7 Å². The fourth-order valence-corrected chi connectivity index (χ4v) is 1.99. The summed E-state index contributed by atoms with van der Waals surface area (Å²) in [7, 11) is 2.25. The monoisotopic (exact) mass is 189 g/mol. The topological polar surface area (TPSA) is 29.1 Å². The van der Waals surface area contributed by atoms with Crippen LogP contribution in [0.15, 0.2) is 0 Å². The quantitative estimate of drug-likeness (QED) is 0.664. The van der Waals surface area contributed by atoms with Crippen LogP contribution < -0.4 is 5.09 Å². The number of carbonyl (C=O) groups excluding carboxylic acids is 1. The van der Waals surface area contributed by atoms with E-state index < -0.39 is 0 Å². The number of carbonyl (C=O) groups is 1. The molecule has 0 saturated heterocycles. The minimum Gasteiger partial charge on any atom is -0.340 e. The highest BCUT2D eigenvalue weighted by Crippen LogP contribution is 2.33. The summed E-state index contributed by atoms with van der Waals surface area (Å²) in [6.07, 6.45) is 0.889. The highest BCUT2D eigenvalue weighted by molar-refractivity contribution is 7.15. The van der Waals surface area contributed by atoms with Crippen molar-refractivity contribution >= 4 is 15.3 Å². The summed E-state index contributed by atoms with van der Waals surface area (Å²) in [6.45, 7) is 10.4. The van der Waals surface area contributed by atoms with E-state index in [4.69, 9.17) is 0 Å². The maximum Gasteiger partial charge on any atom is 0.228 e. The van der Waals surface area contributed by atoms with Gasteiger partial charge in [-0.3, -0.25) is 4.79 Å². The van der Waals surface area contributed by atoms with Crippen LogP contribution >= 0.6 is 9.39 Å². The minimum atomic E-state index is -0.278. The molecule has 0 spiro atoms. The van der Waals surface area contributed by atoms with Gasteiger partial charge in [0.25, 0.3) is 0 Å². The normalized spacial score (nSPS) is 12.8. The summed E-state index contributed by atoms with van der Waals surface area (Å²) in [5, 5.41) is 2.61. The third-order valence-electron chi connectivity index (χ3n) is 1.72. The van der Waals surface area contributed by atoms with E-state index in [1.807, 2.05) is 13.8 Å². The molecule has 0 bridgehead atoms. The van der Waals surface area contributed by atoms with Gasteiger partial charge in [0.1, 0.15) is 0 Å². The van der Waals surface area contributed by atoms with Gasteiger partial charge in [-0.25, -0.2) is 0 Å². The third-order valence-corrected chi connectivity index (χ3v) is 1.98. The minimum absolute atomic E-state index is 0.0856. The van der Waals surface area contributed by atoms with Crippen molar-refractivity contribution in [2.24, 2.45) is 10.8 Å². The Morgan fingerprint density at radius 1 is 1.25 bits per heavy atom. The molecule has 0 radical (unpaired) electrons. The first-order valence-electron chi connectivity index (χ1n) is 4.20. The molecule has 12 heavy (non-hydrogen) atoms. The molecule has 0 aromatic rings. The molecule has 0 heterocycles. The molecule has 72 valence electrons. The van der Waals surface area contributed by atoms with Gasteiger partial charge in [0, 0.05) is 5.41 Å². The number of hydrogen-bond acceptors (Lipinski definition) is 1. The molecule has 1 amide bonds. The largest absolute Gasteiger partial charge is 0.340 e. The van der Waals surface area contributed by atoms with Gasteiger partial charge in [-0.1, -0.05) is 34.6 Å².